The Balaban J connectivity index is 0.955. The Morgan fingerprint density at radius 2 is 1.45 bits per heavy atom. The molecule has 4 N–H and O–H groups in total. The number of aromatic amines is 2. The number of hydrogen-bond donors (Lipinski definition) is 4. The van der Waals surface area contributed by atoms with Crippen LogP contribution in [0.3, 0.4) is 0 Å². The van der Waals surface area contributed by atoms with Crippen molar-refractivity contribution in [1.82, 2.24) is 45.4 Å². The summed E-state index contributed by atoms with van der Waals surface area (Å²) in [7, 11) is 1.46. The molecule has 0 bridgehead atoms. The molecule has 9 rings (SSSR count). The van der Waals surface area contributed by atoms with Crippen molar-refractivity contribution in [3.63, 3.8) is 0 Å². The van der Waals surface area contributed by atoms with Crippen LogP contribution in [0.4, 0.5) is 4.79 Å². The molecule has 2 aliphatic rings. The number of hydrogen-bond acceptors (Lipinski definition) is 9. The number of para-hydroxylation sites is 1. The van der Waals surface area contributed by atoms with E-state index >= 15 is 0 Å². The number of amides is 4. The van der Waals surface area contributed by atoms with Gasteiger partial charge in [0.1, 0.15) is 23.2 Å². The molecule has 4 amide bonds. The third-order valence-corrected chi connectivity index (χ3v) is 11.2. The van der Waals surface area contributed by atoms with E-state index in [2.05, 4.69) is 25.6 Å². The Labute approximate surface area is 344 Å². The summed E-state index contributed by atoms with van der Waals surface area (Å²) in [5.74, 6) is 1.46. The minimum Gasteiger partial charge on any atom is -0.436 e. The number of rotatable bonds is 10. The lowest BCUT2D eigenvalue weighted by atomic mass is 10.0. The van der Waals surface area contributed by atoms with E-state index in [4.69, 9.17) is 19.1 Å². The monoisotopic (exact) mass is 805 g/mol. The Kier molecular flexibility index (Phi) is 10.3. The SMILES string of the molecule is CNC(=O)O[C@@H](C(=O)N1CCC[C@H]1c1nc2c(-c3ncc(-c4ccc5nc([C@@H]6CCCN6C(=O)C(NC(C)=O)c6ccccc6)[nH]c5c4)o3)cccc2[nH]1)c1ccccc1. The first-order chi connectivity index (χ1) is 29.2. The first-order valence-electron chi connectivity index (χ1n) is 20.1. The van der Waals surface area contributed by atoms with Crippen molar-refractivity contribution in [1.29, 1.82) is 0 Å². The molecule has 2 fully saturated rings. The quantitative estimate of drug-likeness (QED) is 0.112. The van der Waals surface area contributed by atoms with Gasteiger partial charge >= 0.3 is 6.09 Å². The fraction of sp³-hybridized carbons (Fsp3) is 0.267. The molecule has 4 atom stereocenters. The molecule has 15 nitrogen and oxygen atoms in total. The largest absolute Gasteiger partial charge is 0.436 e. The first-order valence-corrected chi connectivity index (χ1v) is 20.1. The number of benzene rings is 4. The Hall–Kier alpha value is -7.29. The van der Waals surface area contributed by atoms with Crippen LogP contribution < -0.4 is 10.6 Å². The number of aromatic nitrogens is 5. The number of nitrogens with zero attached hydrogens (tertiary/aromatic N) is 5. The van der Waals surface area contributed by atoms with Crippen LogP contribution in [-0.4, -0.2) is 78.7 Å². The molecule has 3 aromatic heterocycles. The minimum atomic E-state index is -1.11. The van der Waals surface area contributed by atoms with E-state index in [1.165, 1.54) is 14.0 Å². The molecule has 0 aliphatic carbocycles. The van der Waals surface area contributed by atoms with Crippen molar-refractivity contribution in [2.24, 2.45) is 0 Å². The average Bonchev–Trinajstić information content (AvgIpc) is 4.13. The van der Waals surface area contributed by atoms with E-state index in [1.807, 2.05) is 72.8 Å². The van der Waals surface area contributed by atoms with Crippen molar-refractivity contribution >= 4 is 45.9 Å². The van der Waals surface area contributed by atoms with E-state index in [0.717, 1.165) is 46.9 Å². The molecule has 1 unspecified atom stereocenters. The normalized spacial score (nSPS) is 17.5. The number of fused-ring (bicyclic) bond motifs is 2. The van der Waals surface area contributed by atoms with Gasteiger partial charge in [-0.2, -0.15) is 0 Å². The van der Waals surface area contributed by atoms with Gasteiger partial charge in [-0.3, -0.25) is 14.4 Å². The number of carbonyl (C=O) groups excluding carboxylic acids is 4. The lowest BCUT2D eigenvalue weighted by molar-refractivity contribution is -0.142. The van der Waals surface area contributed by atoms with Crippen LogP contribution >= 0.6 is 0 Å². The van der Waals surface area contributed by atoms with Gasteiger partial charge < -0.3 is 39.6 Å². The van der Waals surface area contributed by atoms with Crippen LogP contribution in [0, 0.1) is 0 Å². The Morgan fingerprint density at radius 3 is 2.15 bits per heavy atom. The van der Waals surface area contributed by atoms with Crippen molar-refractivity contribution in [2.45, 2.75) is 56.8 Å². The molecule has 2 saturated heterocycles. The maximum Gasteiger partial charge on any atom is 0.408 e. The Morgan fingerprint density at radius 1 is 0.783 bits per heavy atom. The second-order valence-electron chi connectivity index (χ2n) is 15.1. The fourth-order valence-corrected chi connectivity index (χ4v) is 8.39. The molecule has 5 heterocycles. The van der Waals surface area contributed by atoms with Gasteiger partial charge in [0.15, 0.2) is 5.76 Å². The predicted molar refractivity (Wildman–Crippen MR) is 222 cm³/mol. The van der Waals surface area contributed by atoms with E-state index in [9.17, 15) is 19.2 Å². The zero-order valence-electron chi connectivity index (χ0n) is 33.1. The fourth-order valence-electron chi connectivity index (χ4n) is 8.39. The van der Waals surface area contributed by atoms with Crippen LogP contribution in [0.1, 0.15) is 79.6 Å². The summed E-state index contributed by atoms with van der Waals surface area (Å²) in [5.41, 5.74) is 5.73. The second-order valence-corrected chi connectivity index (χ2v) is 15.1. The van der Waals surface area contributed by atoms with Crippen molar-refractivity contribution in [3.05, 3.63) is 126 Å². The zero-order valence-corrected chi connectivity index (χ0v) is 33.1. The topological polar surface area (TPSA) is 191 Å². The van der Waals surface area contributed by atoms with Gasteiger partial charge in [0.05, 0.1) is 40.4 Å². The molecule has 0 saturated carbocycles. The molecule has 304 valence electrons. The molecule has 4 aromatic carbocycles. The lowest BCUT2D eigenvalue weighted by Gasteiger charge is -2.28. The summed E-state index contributed by atoms with van der Waals surface area (Å²) in [6, 6.07) is 28.3. The number of oxazole rings is 1. The average molecular weight is 806 g/mol. The summed E-state index contributed by atoms with van der Waals surface area (Å²) in [6.45, 7) is 2.46. The maximum absolute atomic E-state index is 14.0. The highest BCUT2D eigenvalue weighted by Crippen LogP contribution is 2.38. The lowest BCUT2D eigenvalue weighted by Crippen LogP contribution is -2.42. The smallest absolute Gasteiger partial charge is 0.408 e. The highest BCUT2D eigenvalue weighted by molar-refractivity contribution is 5.91. The second kappa shape index (κ2) is 16.2. The van der Waals surface area contributed by atoms with Crippen LogP contribution in [-0.2, 0) is 19.1 Å². The van der Waals surface area contributed by atoms with Crippen LogP contribution in [0.5, 0.6) is 0 Å². The van der Waals surface area contributed by atoms with Crippen LogP contribution in [0.2, 0.25) is 0 Å². The standard InChI is InChI=1S/C45H43N9O6/c1-26(55)48-37(27-12-5-3-6-13-27)43(56)53-22-10-18-34(53)40-49-31-21-20-29(24-33(31)51-40)36-25-47-42(59-36)30-16-9-17-32-38(30)52-41(50-32)35-19-11-23-54(35)44(57)39(60-45(58)46-2)28-14-7-4-8-15-28/h3-9,12-17,20-21,24-25,34-35,37,39H,10-11,18-19,22-23H2,1-2H3,(H,46,58)(H,48,55)(H,49,51)(H,50,52)/t34-,35-,37?,39+/m0/s1. The number of nitrogens with one attached hydrogen (secondary N) is 4. The van der Waals surface area contributed by atoms with Gasteiger partial charge in [0.2, 0.25) is 23.8 Å². The van der Waals surface area contributed by atoms with E-state index in [1.54, 1.807) is 40.3 Å². The number of imidazole rings is 2. The summed E-state index contributed by atoms with van der Waals surface area (Å²) >= 11 is 0. The van der Waals surface area contributed by atoms with Crippen molar-refractivity contribution in [3.8, 4) is 22.8 Å². The van der Waals surface area contributed by atoms with Crippen LogP contribution in [0.15, 0.2) is 108 Å². The third kappa shape index (κ3) is 7.33. The third-order valence-electron chi connectivity index (χ3n) is 11.2. The summed E-state index contributed by atoms with van der Waals surface area (Å²) in [6.07, 6.45) is 2.87. The van der Waals surface area contributed by atoms with Crippen molar-refractivity contribution in [2.75, 3.05) is 20.1 Å². The molecule has 7 aromatic rings. The van der Waals surface area contributed by atoms with Gasteiger partial charge in [-0.25, -0.2) is 19.7 Å². The number of alkyl carbamates (subject to hydrolysis) is 1. The summed E-state index contributed by atoms with van der Waals surface area (Å²) in [5, 5.41) is 5.29. The van der Waals surface area contributed by atoms with Gasteiger partial charge in [-0.05, 0) is 61.6 Å². The van der Waals surface area contributed by atoms with Gasteiger partial charge in [-0.1, -0.05) is 66.7 Å². The van der Waals surface area contributed by atoms with Crippen molar-refractivity contribution < 1.29 is 28.3 Å². The Bertz CT molecular complexity index is 2710. The highest BCUT2D eigenvalue weighted by Gasteiger charge is 2.39. The van der Waals surface area contributed by atoms with Gasteiger partial charge in [-0.15, -0.1) is 0 Å². The summed E-state index contributed by atoms with van der Waals surface area (Å²) < 4.78 is 12.0. The van der Waals surface area contributed by atoms with Crippen LogP contribution in [0.25, 0.3) is 44.8 Å². The zero-order chi connectivity index (χ0) is 41.3. The number of carbonyl (C=O) groups is 4. The number of likely N-dealkylation sites (tertiary alicyclic amines) is 2. The van der Waals surface area contributed by atoms with E-state index < -0.39 is 18.2 Å². The maximum atomic E-state index is 14.0. The van der Waals surface area contributed by atoms with E-state index in [-0.39, 0.29) is 29.8 Å². The highest BCUT2D eigenvalue weighted by atomic mass is 16.6. The molecule has 2 aliphatic heterocycles. The first kappa shape index (κ1) is 38.2. The molecule has 60 heavy (non-hydrogen) atoms. The van der Waals surface area contributed by atoms with Gasteiger partial charge in [0, 0.05) is 38.2 Å². The molecule has 0 radical (unpaired) electrons. The number of H-pyrrole nitrogens is 2. The number of ether oxygens (including phenoxy) is 1. The molecule has 15 heteroatoms. The summed E-state index contributed by atoms with van der Waals surface area (Å²) in [4.78, 5) is 77.4. The molecular weight excluding hydrogens is 763 g/mol. The molecule has 0 spiro atoms. The van der Waals surface area contributed by atoms with Gasteiger partial charge in [0.25, 0.3) is 5.91 Å². The minimum absolute atomic E-state index is 0.175. The van der Waals surface area contributed by atoms with E-state index in [0.29, 0.717) is 59.5 Å². The molecular formula is C45H43N9O6. The predicted octanol–water partition coefficient (Wildman–Crippen LogP) is 7.06.